The van der Waals surface area contributed by atoms with E-state index in [-0.39, 0.29) is 18.3 Å². The van der Waals surface area contributed by atoms with E-state index in [1.165, 1.54) is 12.0 Å². The quantitative estimate of drug-likeness (QED) is 0.739. The van der Waals surface area contributed by atoms with E-state index in [9.17, 15) is 0 Å². The maximum atomic E-state index is 6.12. The Morgan fingerprint density at radius 1 is 1.00 bits per heavy atom. The van der Waals surface area contributed by atoms with Crippen LogP contribution in [0.4, 0.5) is 0 Å². The molecule has 2 fully saturated rings. The van der Waals surface area contributed by atoms with E-state index in [1.54, 1.807) is 0 Å². The molecule has 2 atom stereocenters. The fourth-order valence-corrected chi connectivity index (χ4v) is 2.66. The van der Waals surface area contributed by atoms with E-state index in [2.05, 4.69) is 58.0 Å². The van der Waals surface area contributed by atoms with E-state index in [4.69, 9.17) is 9.31 Å². The SMILES string of the molecule is CC1(C)OB([C@H]2C[C@@H]2c2ccccc2)OC1(C)C. The van der Waals surface area contributed by atoms with Gasteiger partial charge >= 0.3 is 7.12 Å². The second-order valence-corrected chi connectivity index (χ2v) is 6.54. The van der Waals surface area contributed by atoms with Crippen molar-refractivity contribution in [1.29, 1.82) is 0 Å². The second-order valence-electron chi connectivity index (χ2n) is 6.54. The Hall–Kier alpha value is -0.795. The van der Waals surface area contributed by atoms with Crippen LogP contribution in [0, 0.1) is 0 Å². The standard InChI is InChI=1S/C15H21BO2/c1-14(2)15(3,4)18-16(17-14)13-10-12(13)11-8-6-5-7-9-11/h5-9,12-13H,10H2,1-4H3/t12-,13+/m1/s1. The van der Waals surface area contributed by atoms with Crippen LogP contribution in [0.5, 0.6) is 0 Å². The summed E-state index contributed by atoms with van der Waals surface area (Å²) in [5, 5.41) is 0. The van der Waals surface area contributed by atoms with Gasteiger partial charge in [-0.1, -0.05) is 30.3 Å². The molecule has 1 aliphatic heterocycles. The lowest BCUT2D eigenvalue weighted by molar-refractivity contribution is 0.00578. The van der Waals surface area contributed by atoms with Gasteiger partial charge in [0, 0.05) is 5.82 Å². The summed E-state index contributed by atoms with van der Waals surface area (Å²) in [5.74, 6) is 1.13. The van der Waals surface area contributed by atoms with Crippen LogP contribution in [0.25, 0.3) is 0 Å². The lowest BCUT2D eigenvalue weighted by atomic mass is 9.79. The molecule has 1 heterocycles. The molecule has 1 aliphatic carbocycles. The molecule has 0 spiro atoms. The van der Waals surface area contributed by atoms with Crippen LogP contribution in [-0.2, 0) is 9.31 Å². The first-order valence-electron chi connectivity index (χ1n) is 6.81. The van der Waals surface area contributed by atoms with Crippen LogP contribution in [0.2, 0.25) is 5.82 Å². The first-order valence-corrected chi connectivity index (χ1v) is 6.81. The molecule has 0 N–H and O–H groups in total. The second kappa shape index (κ2) is 3.85. The summed E-state index contributed by atoms with van der Waals surface area (Å²) in [6.45, 7) is 8.47. The average Bonchev–Trinajstić information content (AvgIpc) is 3.04. The summed E-state index contributed by atoms with van der Waals surface area (Å²) < 4.78 is 12.2. The third-order valence-corrected chi connectivity index (χ3v) is 4.69. The number of rotatable bonds is 2. The van der Waals surface area contributed by atoms with Crippen LogP contribution in [0.3, 0.4) is 0 Å². The molecular formula is C15H21BO2. The Morgan fingerprint density at radius 2 is 1.56 bits per heavy atom. The Bertz CT molecular complexity index is 425. The minimum atomic E-state index is -0.207. The predicted octanol–water partition coefficient (Wildman–Crippen LogP) is 3.64. The maximum absolute atomic E-state index is 6.12. The molecule has 1 aromatic carbocycles. The third-order valence-electron chi connectivity index (χ3n) is 4.69. The number of benzene rings is 1. The van der Waals surface area contributed by atoms with Crippen molar-refractivity contribution in [3.8, 4) is 0 Å². The normalized spacial score (nSPS) is 32.6. The van der Waals surface area contributed by atoms with Gasteiger partial charge in [-0.25, -0.2) is 0 Å². The Balaban J connectivity index is 1.70. The molecule has 1 aromatic rings. The fourth-order valence-electron chi connectivity index (χ4n) is 2.66. The highest BCUT2D eigenvalue weighted by Crippen LogP contribution is 2.58. The van der Waals surface area contributed by atoms with Gasteiger partial charge in [-0.05, 0) is 45.6 Å². The summed E-state index contributed by atoms with van der Waals surface area (Å²) in [6, 6.07) is 10.7. The van der Waals surface area contributed by atoms with E-state index in [1.807, 2.05) is 0 Å². The van der Waals surface area contributed by atoms with Gasteiger partial charge in [0.25, 0.3) is 0 Å². The highest BCUT2D eigenvalue weighted by molar-refractivity contribution is 6.49. The summed E-state index contributed by atoms with van der Waals surface area (Å²) in [7, 11) is -0.0415. The van der Waals surface area contributed by atoms with Crippen LogP contribution < -0.4 is 0 Å². The van der Waals surface area contributed by atoms with Gasteiger partial charge in [0.15, 0.2) is 0 Å². The van der Waals surface area contributed by atoms with Crippen molar-refractivity contribution in [2.75, 3.05) is 0 Å². The number of hydrogen-bond donors (Lipinski definition) is 0. The zero-order chi connectivity index (χ0) is 13.0. The molecule has 96 valence electrons. The molecule has 18 heavy (non-hydrogen) atoms. The molecule has 1 saturated carbocycles. The zero-order valence-electron chi connectivity index (χ0n) is 11.6. The van der Waals surface area contributed by atoms with Crippen molar-refractivity contribution in [1.82, 2.24) is 0 Å². The average molecular weight is 244 g/mol. The monoisotopic (exact) mass is 244 g/mol. The van der Waals surface area contributed by atoms with E-state index < -0.39 is 0 Å². The highest BCUT2D eigenvalue weighted by Gasteiger charge is 2.59. The van der Waals surface area contributed by atoms with Crippen molar-refractivity contribution in [2.45, 2.75) is 57.1 Å². The topological polar surface area (TPSA) is 18.5 Å². The van der Waals surface area contributed by atoms with Gasteiger partial charge in [-0.3, -0.25) is 0 Å². The van der Waals surface area contributed by atoms with E-state index in [0.717, 1.165) is 0 Å². The Labute approximate surface area is 110 Å². The number of hydrogen-bond acceptors (Lipinski definition) is 2. The lowest BCUT2D eigenvalue weighted by Gasteiger charge is -2.32. The molecule has 0 amide bonds. The van der Waals surface area contributed by atoms with E-state index in [0.29, 0.717) is 11.7 Å². The third kappa shape index (κ3) is 1.90. The van der Waals surface area contributed by atoms with Crippen molar-refractivity contribution < 1.29 is 9.31 Å². The van der Waals surface area contributed by atoms with Crippen molar-refractivity contribution >= 4 is 7.12 Å². The predicted molar refractivity (Wildman–Crippen MR) is 73.6 cm³/mol. The lowest BCUT2D eigenvalue weighted by Crippen LogP contribution is -2.41. The van der Waals surface area contributed by atoms with Gasteiger partial charge in [0.1, 0.15) is 0 Å². The molecule has 0 radical (unpaired) electrons. The van der Waals surface area contributed by atoms with Crippen LogP contribution >= 0.6 is 0 Å². The minimum Gasteiger partial charge on any atom is -0.403 e. The van der Waals surface area contributed by atoms with Gasteiger partial charge in [-0.2, -0.15) is 0 Å². The Kier molecular flexibility index (Phi) is 2.62. The summed E-state index contributed by atoms with van der Waals surface area (Å²) in [6.07, 6.45) is 1.18. The van der Waals surface area contributed by atoms with Crippen LogP contribution in [-0.4, -0.2) is 18.3 Å². The van der Waals surface area contributed by atoms with Gasteiger partial charge < -0.3 is 9.31 Å². The van der Waals surface area contributed by atoms with Crippen molar-refractivity contribution in [2.24, 2.45) is 0 Å². The summed E-state index contributed by atoms with van der Waals surface area (Å²) in [5.41, 5.74) is 1.00. The first-order chi connectivity index (χ1) is 8.41. The summed E-state index contributed by atoms with van der Waals surface area (Å²) in [4.78, 5) is 0. The first kappa shape index (κ1) is 12.2. The molecule has 1 saturated heterocycles. The molecule has 3 heteroatoms. The molecule has 0 unspecified atom stereocenters. The molecular weight excluding hydrogens is 223 g/mol. The molecule has 2 nitrogen and oxygen atoms in total. The fraction of sp³-hybridized carbons (Fsp3) is 0.600. The van der Waals surface area contributed by atoms with Crippen molar-refractivity contribution in [3.63, 3.8) is 0 Å². The highest BCUT2D eigenvalue weighted by atomic mass is 16.7. The van der Waals surface area contributed by atoms with E-state index >= 15 is 0 Å². The molecule has 0 bridgehead atoms. The minimum absolute atomic E-state index is 0.0415. The van der Waals surface area contributed by atoms with Crippen molar-refractivity contribution in [3.05, 3.63) is 35.9 Å². The van der Waals surface area contributed by atoms with Gasteiger partial charge in [0.2, 0.25) is 0 Å². The summed E-state index contributed by atoms with van der Waals surface area (Å²) >= 11 is 0. The molecule has 2 aliphatic rings. The molecule has 3 rings (SSSR count). The zero-order valence-corrected chi connectivity index (χ0v) is 11.6. The van der Waals surface area contributed by atoms with Gasteiger partial charge in [-0.15, -0.1) is 0 Å². The maximum Gasteiger partial charge on any atom is 0.461 e. The smallest absolute Gasteiger partial charge is 0.403 e. The van der Waals surface area contributed by atoms with Crippen LogP contribution in [0.15, 0.2) is 30.3 Å². The largest absolute Gasteiger partial charge is 0.461 e. The molecule has 0 aromatic heterocycles. The Morgan fingerprint density at radius 3 is 2.11 bits per heavy atom. The van der Waals surface area contributed by atoms with Crippen LogP contribution in [0.1, 0.15) is 45.6 Å². The van der Waals surface area contributed by atoms with Gasteiger partial charge in [0.05, 0.1) is 11.2 Å².